The zero-order valence-corrected chi connectivity index (χ0v) is 23.5. The molecule has 41 heavy (non-hydrogen) atoms. The van der Waals surface area contributed by atoms with Crippen molar-refractivity contribution in [3.8, 4) is 6.19 Å². The molecule has 2 fully saturated rings. The average molecular weight is 572 g/mol. The summed E-state index contributed by atoms with van der Waals surface area (Å²) in [6, 6.07) is 4.41. The number of pyridine rings is 1. The zero-order chi connectivity index (χ0) is 29.9. The van der Waals surface area contributed by atoms with Crippen LogP contribution >= 0.6 is 0 Å². The van der Waals surface area contributed by atoms with E-state index in [1.54, 1.807) is 24.3 Å². The highest BCUT2D eigenvalue weighted by Gasteiger charge is 2.46. The van der Waals surface area contributed by atoms with E-state index in [1.165, 1.54) is 0 Å². The lowest BCUT2D eigenvalue weighted by Crippen LogP contribution is -2.52. The zero-order valence-electron chi connectivity index (χ0n) is 23.5. The van der Waals surface area contributed by atoms with Crippen LogP contribution in [0.5, 0.6) is 0 Å². The summed E-state index contributed by atoms with van der Waals surface area (Å²) in [6.07, 6.45) is 2.11. The first-order valence-corrected chi connectivity index (χ1v) is 13.9. The minimum Gasteiger partial charge on any atom is -0.391 e. The van der Waals surface area contributed by atoms with Crippen molar-refractivity contribution in [2.75, 3.05) is 11.4 Å². The molecule has 2 amide bonds. The van der Waals surface area contributed by atoms with E-state index in [9.17, 15) is 33.1 Å². The van der Waals surface area contributed by atoms with E-state index in [4.69, 9.17) is 0 Å². The predicted molar refractivity (Wildman–Crippen MR) is 146 cm³/mol. The molecule has 220 valence electrons. The number of benzene rings is 1. The molecule has 11 heteroatoms. The standard InChI is InChI=1S/C30H36F3N5O3/c1-29(2,3)19-9-11-21(12-10-19)38(28(41)25-15-22(39)17-37(25)18-34)26(27(40)36-20-7-5-4-6-8-20)23-16-35-14-13-24(23)30(31,32)33/h9-14,16,20,22,25-26,39H,4-8,15,17H2,1-3H3,(H,36,40)/t22-,25-,26?/m1/s1. The summed E-state index contributed by atoms with van der Waals surface area (Å²) in [4.78, 5) is 34.4. The monoisotopic (exact) mass is 571 g/mol. The number of nitriles is 1. The Morgan fingerprint density at radius 1 is 1.12 bits per heavy atom. The molecule has 2 heterocycles. The molecule has 0 spiro atoms. The van der Waals surface area contributed by atoms with E-state index in [1.807, 2.05) is 27.0 Å². The SMILES string of the molecule is CC(C)(C)c1ccc(N(C(=O)[C@H]2C[C@@H](O)CN2C#N)C(C(=O)NC2CCCCC2)c2cnccc2C(F)(F)F)cc1. The highest BCUT2D eigenvalue weighted by molar-refractivity contribution is 6.04. The second-order valence-electron chi connectivity index (χ2n) is 11.9. The van der Waals surface area contributed by atoms with E-state index in [0.717, 1.165) is 53.1 Å². The maximum Gasteiger partial charge on any atom is 0.416 e. The molecular weight excluding hydrogens is 535 g/mol. The number of halogens is 3. The minimum absolute atomic E-state index is 0.0939. The van der Waals surface area contributed by atoms with Crippen molar-refractivity contribution in [3.05, 3.63) is 59.4 Å². The first-order chi connectivity index (χ1) is 19.3. The van der Waals surface area contributed by atoms with Gasteiger partial charge in [0.25, 0.3) is 5.91 Å². The number of amides is 2. The van der Waals surface area contributed by atoms with Crippen molar-refractivity contribution in [3.63, 3.8) is 0 Å². The Morgan fingerprint density at radius 3 is 2.37 bits per heavy atom. The van der Waals surface area contributed by atoms with Crippen LogP contribution < -0.4 is 10.2 Å². The summed E-state index contributed by atoms with van der Waals surface area (Å²) >= 11 is 0. The van der Waals surface area contributed by atoms with Gasteiger partial charge in [-0.2, -0.15) is 18.4 Å². The van der Waals surface area contributed by atoms with Crippen LogP contribution in [0.25, 0.3) is 0 Å². The van der Waals surface area contributed by atoms with Gasteiger partial charge in [-0.3, -0.25) is 24.4 Å². The number of likely N-dealkylation sites (tertiary alicyclic amines) is 1. The molecule has 1 saturated carbocycles. The quantitative estimate of drug-likeness (QED) is 0.481. The first-order valence-electron chi connectivity index (χ1n) is 13.9. The smallest absolute Gasteiger partial charge is 0.391 e. The topological polar surface area (TPSA) is 110 Å². The van der Waals surface area contributed by atoms with E-state index in [0.29, 0.717) is 12.8 Å². The van der Waals surface area contributed by atoms with Crippen LogP contribution in [0.15, 0.2) is 42.7 Å². The number of nitrogens with one attached hydrogen (secondary N) is 1. The van der Waals surface area contributed by atoms with Gasteiger partial charge in [0, 0.05) is 36.1 Å². The Bertz CT molecular complexity index is 1280. The van der Waals surface area contributed by atoms with Crippen LogP contribution in [0, 0.1) is 11.5 Å². The molecule has 1 aromatic carbocycles. The molecule has 3 atom stereocenters. The number of aromatic nitrogens is 1. The fourth-order valence-electron chi connectivity index (χ4n) is 5.65. The van der Waals surface area contributed by atoms with Gasteiger partial charge in [-0.1, -0.05) is 52.2 Å². The normalized spacial score (nSPS) is 20.8. The molecule has 1 aromatic heterocycles. The molecule has 1 unspecified atom stereocenters. The molecule has 1 aliphatic heterocycles. The van der Waals surface area contributed by atoms with E-state index in [2.05, 4.69) is 10.3 Å². The largest absolute Gasteiger partial charge is 0.416 e. The van der Waals surface area contributed by atoms with Gasteiger partial charge in [0.15, 0.2) is 6.19 Å². The number of β-amino-alcohol motifs (C(OH)–C–C–N with tert-alkyl or cyclic N) is 1. The summed E-state index contributed by atoms with van der Waals surface area (Å²) in [5.74, 6) is -1.52. The van der Waals surface area contributed by atoms with Crippen LogP contribution in [0.2, 0.25) is 0 Å². The lowest BCUT2D eigenvalue weighted by atomic mass is 9.87. The third-order valence-corrected chi connectivity index (χ3v) is 7.85. The molecule has 2 aliphatic rings. The lowest BCUT2D eigenvalue weighted by Gasteiger charge is -2.36. The summed E-state index contributed by atoms with van der Waals surface area (Å²) < 4.78 is 42.9. The molecule has 2 aromatic rings. The van der Waals surface area contributed by atoms with Crippen molar-refractivity contribution >= 4 is 17.5 Å². The molecule has 4 rings (SSSR count). The average Bonchev–Trinajstić information content (AvgIpc) is 3.31. The maximum absolute atomic E-state index is 14.3. The highest BCUT2D eigenvalue weighted by Crippen LogP contribution is 2.39. The summed E-state index contributed by atoms with van der Waals surface area (Å²) in [5.41, 5.74) is -0.676. The molecular formula is C30H36F3N5O3. The summed E-state index contributed by atoms with van der Waals surface area (Å²) in [7, 11) is 0. The maximum atomic E-state index is 14.3. The van der Waals surface area contributed by atoms with Crippen LogP contribution in [-0.2, 0) is 21.2 Å². The third-order valence-electron chi connectivity index (χ3n) is 7.85. The van der Waals surface area contributed by atoms with Gasteiger partial charge in [-0.15, -0.1) is 0 Å². The number of hydrogen-bond acceptors (Lipinski definition) is 6. The Labute approximate surface area is 238 Å². The lowest BCUT2D eigenvalue weighted by molar-refractivity contribution is -0.139. The van der Waals surface area contributed by atoms with E-state index in [-0.39, 0.29) is 30.1 Å². The van der Waals surface area contributed by atoms with Gasteiger partial charge < -0.3 is 10.4 Å². The van der Waals surface area contributed by atoms with Crippen molar-refractivity contribution in [2.24, 2.45) is 0 Å². The van der Waals surface area contributed by atoms with Crippen LogP contribution in [0.4, 0.5) is 18.9 Å². The van der Waals surface area contributed by atoms with Crippen LogP contribution in [0.3, 0.4) is 0 Å². The number of carbonyl (C=O) groups excluding carboxylic acids is 2. The number of anilines is 1. The summed E-state index contributed by atoms with van der Waals surface area (Å²) in [5, 5.41) is 22.8. The fraction of sp³-hybridized carbons (Fsp3) is 0.533. The minimum atomic E-state index is -4.82. The first kappa shape index (κ1) is 30.3. The van der Waals surface area contributed by atoms with Gasteiger partial charge in [-0.25, -0.2) is 0 Å². The highest BCUT2D eigenvalue weighted by atomic mass is 19.4. The summed E-state index contributed by atoms with van der Waals surface area (Å²) in [6.45, 7) is 5.91. The number of rotatable bonds is 6. The van der Waals surface area contributed by atoms with E-state index < -0.39 is 47.3 Å². The van der Waals surface area contributed by atoms with Gasteiger partial charge >= 0.3 is 6.18 Å². The number of aliphatic hydroxyl groups is 1. The van der Waals surface area contributed by atoms with Gasteiger partial charge in [0.05, 0.1) is 18.2 Å². The second-order valence-corrected chi connectivity index (χ2v) is 11.9. The molecule has 2 N–H and O–H groups in total. The number of alkyl halides is 3. The van der Waals surface area contributed by atoms with Crippen molar-refractivity contribution in [1.29, 1.82) is 5.26 Å². The Morgan fingerprint density at radius 2 is 1.78 bits per heavy atom. The van der Waals surface area contributed by atoms with Crippen LogP contribution in [-0.4, -0.2) is 51.5 Å². The Balaban J connectivity index is 1.89. The number of nitrogens with zero attached hydrogens (tertiary/aromatic N) is 4. The van der Waals surface area contributed by atoms with Crippen molar-refractivity contribution in [1.82, 2.24) is 15.2 Å². The Kier molecular flexibility index (Phi) is 8.92. The third kappa shape index (κ3) is 6.81. The van der Waals surface area contributed by atoms with Gasteiger partial charge in [0.1, 0.15) is 12.1 Å². The molecule has 0 bridgehead atoms. The Hall–Kier alpha value is -3.65. The van der Waals surface area contributed by atoms with Gasteiger partial charge in [0.2, 0.25) is 5.91 Å². The number of hydrogen-bond donors (Lipinski definition) is 2. The van der Waals surface area contributed by atoms with Crippen molar-refractivity contribution in [2.45, 2.75) is 95.1 Å². The number of aliphatic hydroxyl groups excluding tert-OH is 1. The van der Waals surface area contributed by atoms with Crippen molar-refractivity contribution < 1.29 is 27.9 Å². The second kappa shape index (κ2) is 12.1. The fourth-order valence-corrected chi connectivity index (χ4v) is 5.65. The molecule has 8 nitrogen and oxygen atoms in total. The van der Waals surface area contributed by atoms with Crippen LogP contribution in [0.1, 0.15) is 82.0 Å². The molecule has 1 aliphatic carbocycles. The molecule has 0 radical (unpaired) electrons. The van der Waals surface area contributed by atoms with E-state index >= 15 is 0 Å². The molecule has 1 saturated heterocycles. The predicted octanol–water partition coefficient (Wildman–Crippen LogP) is 4.84. The van der Waals surface area contributed by atoms with Gasteiger partial charge in [-0.05, 0) is 42.0 Å². The number of carbonyl (C=O) groups is 2.